The molecule has 1 heterocycles. The lowest BCUT2D eigenvalue weighted by Gasteiger charge is -2.22. The van der Waals surface area contributed by atoms with Crippen LogP contribution in [0.4, 0.5) is 0 Å². The lowest BCUT2D eigenvalue weighted by molar-refractivity contribution is 0.373. The second-order valence-electron chi connectivity index (χ2n) is 5.52. The molecule has 1 aromatic carbocycles. The van der Waals surface area contributed by atoms with Gasteiger partial charge in [-0.3, -0.25) is 4.99 Å². The molecule has 0 aliphatic heterocycles. The second kappa shape index (κ2) is 8.10. The van der Waals surface area contributed by atoms with Gasteiger partial charge in [-0.2, -0.15) is 0 Å². The van der Waals surface area contributed by atoms with E-state index in [0.29, 0.717) is 12.3 Å². The Bertz CT molecular complexity index is 727. The van der Waals surface area contributed by atoms with Gasteiger partial charge in [0.05, 0.1) is 13.7 Å². The first kappa shape index (κ1) is 18.2. The lowest BCUT2D eigenvalue weighted by atomic mass is 10.2. The number of aromatic nitrogens is 1. The highest BCUT2D eigenvalue weighted by molar-refractivity contribution is 9.10. The van der Waals surface area contributed by atoms with E-state index in [4.69, 9.17) is 4.74 Å². The average Bonchev–Trinajstić information content (AvgIpc) is 2.85. The molecule has 2 N–H and O–H groups in total. The largest absolute Gasteiger partial charge is 0.504 e. The normalized spacial score (nSPS) is 11.5. The molecule has 0 radical (unpaired) electrons. The van der Waals surface area contributed by atoms with Crippen LogP contribution in [0.25, 0.3) is 0 Å². The van der Waals surface area contributed by atoms with E-state index in [-0.39, 0.29) is 5.75 Å². The third-order valence-corrected chi connectivity index (χ3v) is 4.17. The molecule has 2 aromatic rings. The predicted octanol–water partition coefficient (Wildman–Crippen LogP) is 2.71. The number of nitrogens with zero attached hydrogens (tertiary/aromatic N) is 3. The van der Waals surface area contributed by atoms with Crippen molar-refractivity contribution in [2.45, 2.75) is 13.1 Å². The molecule has 0 fully saturated rings. The van der Waals surface area contributed by atoms with Crippen LogP contribution < -0.4 is 10.1 Å². The Balaban J connectivity index is 1.99. The third-order valence-electron chi connectivity index (χ3n) is 3.74. The van der Waals surface area contributed by atoms with Crippen molar-refractivity contribution < 1.29 is 9.84 Å². The topological polar surface area (TPSA) is 62.0 Å². The molecule has 0 amide bonds. The highest BCUT2D eigenvalue weighted by Gasteiger charge is 2.10. The summed E-state index contributed by atoms with van der Waals surface area (Å²) in [5.41, 5.74) is 2.12. The number of methoxy groups -OCH3 is 1. The molecule has 0 aliphatic rings. The van der Waals surface area contributed by atoms with Gasteiger partial charge in [0.15, 0.2) is 17.5 Å². The van der Waals surface area contributed by atoms with Crippen LogP contribution in [0.5, 0.6) is 11.5 Å². The molecule has 0 saturated heterocycles. The summed E-state index contributed by atoms with van der Waals surface area (Å²) < 4.78 is 8.19. The Morgan fingerprint density at radius 1 is 1.42 bits per heavy atom. The van der Waals surface area contributed by atoms with Crippen molar-refractivity contribution in [2.24, 2.45) is 12.0 Å². The fraction of sp³-hybridized carbons (Fsp3) is 0.353. The number of aliphatic imine (C=N–C) groups is 1. The number of halogens is 1. The molecule has 7 heteroatoms. The number of aromatic hydroxyl groups is 1. The van der Waals surface area contributed by atoms with Crippen LogP contribution in [0.1, 0.15) is 11.3 Å². The summed E-state index contributed by atoms with van der Waals surface area (Å²) >= 11 is 3.49. The van der Waals surface area contributed by atoms with E-state index in [1.165, 1.54) is 12.8 Å². The van der Waals surface area contributed by atoms with Gasteiger partial charge in [-0.15, -0.1) is 0 Å². The zero-order valence-corrected chi connectivity index (χ0v) is 16.0. The van der Waals surface area contributed by atoms with Gasteiger partial charge in [0.25, 0.3) is 0 Å². The molecule has 130 valence electrons. The van der Waals surface area contributed by atoms with Gasteiger partial charge in [0, 0.05) is 44.1 Å². The highest BCUT2D eigenvalue weighted by atomic mass is 79.9. The summed E-state index contributed by atoms with van der Waals surface area (Å²) in [5.74, 6) is 1.38. The van der Waals surface area contributed by atoms with Crippen LogP contribution in [0.3, 0.4) is 0 Å². The van der Waals surface area contributed by atoms with Crippen molar-refractivity contribution in [3.05, 3.63) is 46.2 Å². The van der Waals surface area contributed by atoms with Crippen LogP contribution in [0, 0.1) is 0 Å². The Morgan fingerprint density at radius 2 is 2.17 bits per heavy atom. The number of aryl methyl sites for hydroxylation is 1. The van der Waals surface area contributed by atoms with Gasteiger partial charge >= 0.3 is 0 Å². The van der Waals surface area contributed by atoms with E-state index >= 15 is 0 Å². The summed E-state index contributed by atoms with van der Waals surface area (Å²) in [6.45, 7) is 1.29. The molecule has 0 saturated carbocycles. The van der Waals surface area contributed by atoms with Crippen molar-refractivity contribution in [1.29, 1.82) is 0 Å². The van der Waals surface area contributed by atoms with Crippen LogP contribution in [0.15, 0.2) is 39.9 Å². The maximum absolute atomic E-state index is 9.85. The molecular weight excluding hydrogens is 372 g/mol. The van der Waals surface area contributed by atoms with Crippen LogP contribution >= 0.6 is 15.9 Å². The summed E-state index contributed by atoms with van der Waals surface area (Å²) in [4.78, 5) is 6.36. The van der Waals surface area contributed by atoms with Crippen molar-refractivity contribution in [1.82, 2.24) is 14.8 Å². The smallest absolute Gasteiger partial charge is 0.194 e. The number of ether oxygens (including phenoxy) is 1. The molecule has 0 aliphatic carbocycles. The van der Waals surface area contributed by atoms with Crippen LogP contribution in [-0.4, -0.2) is 41.7 Å². The molecule has 1 aromatic heterocycles. The van der Waals surface area contributed by atoms with Gasteiger partial charge < -0.3 is 24.6 Å². The second-order valence-corrected chi connectivity index (χ2v) is 6.44. The Hall–Kier alpha value is -2.15. The van der Waals surface area contributed by atoms with E-state index in [0.717, 1.165) is 22.5 Å². The molecule has 24 heavy (non-hydrogen) atoms. The van der Waals surface area contributed by atoms with E-state index in [1.54, 1.807) is 19.2 Å². The van der Waals surface area contributed by atoms with E-state index < -0.39 is 0 Å². The summed E-state index contributed by atoms with van der Waals surface area (Å²) in [5, 5.41) is 13.1. The summed E-state index contributed by atoms with van der Waals surface area (Å²) in [6, 6.07) is 7.44. The number of phenolic OH excluding ortho intramolecular Hbond substituents is 1. The van der Waals surface area contributed by atoms with Crippen molar-refractivity contribution in [3.8, 4) is 11.5 Å². The SMILES string of the molecule is CN=C(NCc1ccc(OC)c(O)c1)N(C)Cc1cc(Br)cn1C. The number of hydrogen-bond donors (Lipinski definition) is 2. The van der Waals surface area contributed by atoms with E-state index in [1.807, 2.05) is 31.3 Å². The quantitative estimate of drug-likeness (QED) is 0.604. The zero-order valence-electron chi connectivity index (χ0n) is 14.4. The number of nitrogens with one attached hydrogen (secondary N) is 1. The fourth-order valence-electron chi connectivity index (χ4n) is 2.45. The summed E-state index contributed by atoms with van der Waals surface area (Å²) in [6.07, 6.45) is 2.03. The first-order valence-corrected chi connectivity index (χ1v) is 8.32. The molecular formula is C17H23BrN4O2. The molecule has 0 bridgehead atoms. The van der Waals surface area contributed by atoms with Crippen LogP contribution in [-0.2, 0) is 20.1 Å². The standard InChI is InChI=1S/C17H23BrN4O2/c1-19-17(22(3)11-14-8-13(18)10-21(14)2)20-9-12-5-6-16(24-4)15(23)7-12/h5-8,10,23H,9,11H2,1-4H3,(H,19,20). The summed E-state index contributed by atoms with van der Waals surface area (Å²) in [7, 11) is 7.29. The Morgan fingerprint density at radius 3 is 2.71 bits per heavy atom. The maximum atomic E-state index is 9.85. The number of benzene rings is 1. The first-order valence-electron chi connectivity index (χ1n) is 7.53. The van der Waals surface area contributed by atoms with Gasteiger partial charge in [0.2, 0.25) is 0 Å². The van der Waals surface area contributed by atoms with E-state index in [2.05, 4.69) is 36.9 Å². The number of rotatable bonds is 5. The lowest BCUT2D eigenvalue weighted by Crippen LogP contribution is -2.38. The molecule has 6 nitrogen and oxygen atoms in total. The van der Waals surface area contributed by atoms with Crippen molar-refractivity contribution >= 4 is 21.9 Å². The number of hydrogen-bond acceptors (Lipinski definition) is 3. The van der Waals surface area contributed by atoms with Crippen molar-refractivity contribution in [2.75, 3.05) is 21.2 Å². The Labute approximate surface area is 150 Å². The monoisotopic (exact) mass is 394 g/mol. The molecule has 0 spiro atoms. The maximum Gasteiger partial charge on any atom is 0.194 e. The minimum Gasteiger partial charge on any atom is -0.504 e. The average molecular weight is 395 g/mol. The number of phenols is 1. The number of guanidine groups is 1. The predicted molar refractivity (Wildman–Crippen MR) is 99.4 cm³/mol. The van der Waals surface area contributed by atoms with Crippen molar-refractivity contribution in [3.63, 3.8) is 0 Å². The highest BCUT2D eigenvalue weighted by Crippen LogP contribution is 2.26. The van der Waals surface area contributed by atoms with E-state index in [9.17, 15) is 5.11 Å². The van der Waals surface area contributed by atoms with Crippen LogP contribution in [0.2, 0.25) is 0 Å². The van der Waals surface area contributed by atoms with Gasteiger partial charge in [-0.1, -0.05) is 6.07 Å². The fourth-order valence-corrected chi connectivity index (χ4v) is 3.02. The minimum atomic E-state index is 0.133. The van der Waals surface area contributed by atoms with Gasteiger partial charge in [0.1, 0.15) is 0 Å². The molecule has 0 atom stereocenters. The van der Waals surface area contributed by atoms with Gasteiger partial charge in [-0.25, -0.2) is 0 Å². The minimum absolute atomic E-state index is 0.133. The molecule has 0 unspecified atom stereocenters. The Kier molecular flexibility index (Phi) is 6.14. The third kappa shape index (κ3) is 4.44. The first-order chi connectivity index (χ1) is 11.4. The van der Waals surface area contributed by atoms with Gasteiger partial charge in [-0.05, 0) is 39.7 Å². The zero-order chi connectivity index (χ0) is 17.7. The molecule has 2 rings (SSSR count).